The summed E-state index contributed by atoms with van der Waals surface area (Å²) < 4.78 is 18.1. The van der Waals surface area contributed by atoms with Crippen LogP contribution in [-0.4, -0.2) is 53.5 Å². The van der Waals surface area contributed by atoms with Gasteiger partial charge in [-0.2, -0.15) is 0 Å². The van der Waals surface area contributed by atoms with Crippen LogP contribution < -0.4 is 0 Å². The Morgan fingerprint density at radius 2 is 2.04 bits per heavy atom. The third-order valence-corrected chi connectivity index (χ3v) is 3.84. The minimum absolute atomic E-state index is 0.0470. The van der Waals surface area contributed by atoms with E-state index in [2.05, 4.69) is 9.98 Å². The second-order valence-electron chi connectivity index (χ2n) is 5.78. The third-order valence-electron chi connectivity index (χ3n) is 3.84. The minimum atomic E-state index is -0.436. The van der Waals surface area contributed by atoms with Crippen molar-refractivity contribution >= 4 is 17.3 Å². The first-order chi connectivity index (χ1) is 11.6. The number of hydrogen-bond acceptors (Lipinski definition) is 6. The highest BCUT2D eigenvalue weighted by atomic mass is 19.1. The molecule has 3 heterocycles. The predicted molar refractivity (Wildman–Crippen MR) is 85.1 cm³/mol. The van der Waals surface area contributed by atoms with E-state index in [-0.39, 0.29) is 30.8 Å². The zero-order chi connectivity index (χ0) is 16.9. The number of aromatic nitrogens is 1. The van der Waals surface area contributed by atoms with E-state index in [0.717, 1.165) is 6.20 Å². The molecule has 3 rings (SSSR count). The van der Waals surface area contributed by atoms with Gasteiger partial charge in [0.05, 0.1) is 19.4 Å². The number of nitrogens with zero attached hydrogens (tertiary/aromatic N) is 3. The molecule has 0 bridgehead atoms. The predicted octanol–water partition coefficient (Wildman–Crippen LogP) is 1.31. The van der Waals surface area contributed by atoms with Crippen molar-refractivity contribution in [3.63, 3.8) is 0 Å². The van der Waals surface area contributed by atoms with Crippen molar-refractivity contribution in [3.8, 4) is 0 Å². The maximum atomic E-state index is 12.8. The Hall–Kier alpha value is -2.41. The molecule has 2 aliphatic rings. The first kappa shape index (κ1) is 16.4. The summed E-state index contributed by atoms with van der Waals surface area (Å²) in [4.78, 5) is 34.4. The van der Waals surface area contributed by atoms with Gasteiger partial charge in [-0.15, -0.1) is 0 Å². The van der Waals surface area contributed by atoms with Crippen LogP contribution in [0, 0.1) is 5.82 Å². The van der Waals surface area contributed by atoms with Gasteiger partial charge in [0.25, 0.3) is 0 Å². The molecule has 0 atom stereocenters. The van der Waals surface area contributed by atoms with Gasteiger partial charge in [-0.25, -0.2) is 9.38 Å². The summed E-state index contributed by atoms with van der Waals surface area (Å²) in [6.45, 7) is 2.57. The summed E-state index contributed by atoms with van der Waals surface area (Å²) in [5, 5.41) is 0. The van der Waals surface area contributed by atoms with E-state index in [1.54, 1.807) is 0 Å². The number of halogens is 1. The highest BCUT2D eigenvalue weighted by Gasteiger charge is 2.21. The molecule has 1 aromatic rings. The molecule has 0 unspecified atom stereocenters. The Morgan fingerprint density at radius 1 is 1.25 bits per heavy atom. The van der Waals surface area contributed by atoms with Gasteiger partial charge in [-0.1, -0.05) is 0 Å². The molecular formula is C17H18FN3O3. The topological polar surface area (TPSA) is 71.9 Å². The quantitative estimate of drug-likeness (QED) is 0.813. The number of carbonyl (C=O) groups excluding carboxylic acids is 2. The van der Waals surface area contributed by atoms with Crippen LogP contribution in [0.1, 0.15) is 18.5 Å². The Morgan fingerprint density at radius 3 is 2.75 bits per heavy atom. The van der Waals surface area contributed by atoms with Gasteiger partial charge in [0.2, 0.25) is 0 Å². The van der Waals surface area contributed by atoms with Gasteiger partial charge in [-0.05, 0) is 12.1 Å². The number of allylic oxidation sites excluding steroid dienone is 1. The lowest BCUT2D eigenvalue weighted by Crippen LogP contribution is -2.36. The molecule has 1 saturated heterocycles. The second kappa shape index (κ2) is 7.44. The highest BCUT2D eigenvalue weighted by Crippen LogP contribution is 2.17. The van der Waals surface area contributed by atoms with Crippen LogP contribution in [0.4, 0.5) is 4.39 Å². The lowest BCUT2D eigenvalue weighted by molar-refractivity contribution is -0.117. The molecule has 0 aliphatic carbocycles. The average Bonchev–Trinajstić information content (AvgIpc) is 2.57. The van der Waals surface area contributed by atoms with Crippen molar-refractivity contribution in [2.75, 3.05) is 26.3 Å². The molecule has 6 nitrogen and oxygen atoms in total. The lowest BCUT2D eigenvalue weighted by Gasteiger charge is -2.30. The number of rotatable bonds is 5. The third kappa shape index (κ3) is 4.32. The number of carbonyl (C=O) groups is 2. The van der Waals surface area contributed by atoms with E-state index in [0.29, 0.717) is 43.5 Å². The standard InChI is InChI=1S/C17H18FN3O3/c18-12-1-2-13(19-11-12)7-15(22)8-14-9-16(23)10-17(20-14)21-3-5-24-6-4-21/h1-2,10-11H,3-9H2. The first-order valence-corrected chi connectivity index (χ1v) is 7.86. The fourth-order valence-corrected chi connectivity index (χ4v) is 2.69. The van der Waals surface area contributed by atoms with Gasteiger partial charge in [-0.3, -0.25) is 14.6 Å². The van der Waals surface area contributed by atoms with Crippen LogP contribution in [0.5, 0.6) is 0 Å². The number of morpholine rings is 1. The molecule has 0 spiro atoms. The van der Waals surface area contributed by atoms with Crippen LogP contribution in [0.15, 0.2) is 35.2 Å². The summed E-state index contributed by atoms with van der Waals surface area (Å²) in [5.74, 6) is 0.0316. The van der Waals surface area contributed by atoms with Crippen LogP contribution in [0.3, 0.4) is 0 Å². The van der Waals surface area contributed by atoms with E-state index in [4.69, 9.17) is 4.74 Å². The summed E-state index contributed by atoms with van der Waals surface area (Å²) in [6.07, 6.45) is 2.98. The normalized spacial score (nSPS) is 18.2. The lowest BCUT2D eigenvalue weighted by atomic mass is 10.0. The molecule has 0 aromatic carbocycles. The number of pyridine rings is 1. The van der Waals surface area contributed by atoms with Gasteiger partial charge < -0.3 is 9.64 Å². The van der Waals surface area contributed by atoms with E-state index in [1.807, 2.05) is 4.90 Å². The van der Waals surface area contributed by atoms with E-state index in [1.165, 1.54) is 18.2 Å². The number of aliphatic imine (C=N–C) groups is 1. The molecule has 0 amide bonds. The Balaban J connectivity index is 1.63. The first-order valence-electron chi connectivity index (χ1n) is 7.86. The van der Waals surface area contributed by atoms with Gasteiger partial charge >= 0.3 is 0 Å². The smallest absolute Gasteiger partial charge is 0.164 e. The van der Waals surface area contributed by atoms with Gasteiger partial charge in [0.15, 0.2) is 5.78 Å². The van der Waals surface area contributed by atoms with Crippen LogP contribution >= 0.6 is 0 Å². The van der Waals surface area contributed by atoms with Crippen LogP contribution in [0.25, 0.3) is 0 Å². The van der Waals surface area contributed by atoms with Crippen LogP contribution in [0.2, 0.25) is 0 Å². The molecule has 1 fully saturated rings. The molecular weight excluding hydrogens is 313 g/mol. The van der Waals surface area contributed by atoms with Crippen LogP contribution in [-0.2, 0) is 20.7 Å². The molecule has 1 aromatic heterocycles. The molecule has 0 N–H and O–H groups in total. The highest BCUT2D eigenvalue weighted by molar-refractivity contribution is 6.14. The Kier molecular flexibility index (Phi) is 5.10. The molecule has 0 radical (unpaired) electrons. The largest absolute Gasteiger partial charge is 0.378 e. The fourth-order valence-electron chi connectivity index (χ4n) is 2.69. The number of Topliss-reactive ketones (excluding diaryl/α,β-unsaturated/α-hetero) is 1. The van der Waals surface area contributed by atoms with Crippen molar-refractivity contribution in [2.24, 2.45) is 4.99 Å². The molecule has 7 heteroatoms. The number of ketones is 2. The van der Waals surface area contributed by atoms with Crippen molar-refractivity contribution in [1.29, 1.82) is 0 Å². The fraction of sp³-hybridized carbons (Fsp3) is 0.412. The zero-order valence-corrected chi connectivity index (χ0v) is 13.2. The molecule has 2 aliphatic heterocycles. The Bertz CT molecular complexity index is 692. The number of ether oxygens (including phenoxy) is 1. The summed E-state index contributed by atoms with van der Waals surface area (Å²) in [5.41, 5.74) is 1.07. The average molecular weight is 331 g/mol. The van der Waals surface area contributed by atoms with Gasteiger partial charge in [0.1, 0.15) is 17.4 Å². The van der Waals surface area contributed by atoms with Crippen molar-refractivity contribution in [2.45, 2.75) is 19.3 Å². The summed E-state index contributed by atoms with van der Waals surface area (Å²) in [6, 6.07) is 2.76. The van der Waals surface area contributed by atoms with Crippen molar-refractivity contribution in [1.82, 2.24) is 9.88 Å². The molecule has 0 saturated carbocycles. The summed E-state index contributed by atoms with van der Waals surface area (Å²) in [7, 11) is 0. The van der Waals surface area contributed by atoms with E-state index in [9.17, 15) is 14.0 Å². The maximum absolute atomic E-state index is 12.8. The SMILES string of the molecule is O=C1C=C(N2CCOCC2)N=C(CC(=O)Cc2ccc(F)cn2)C1. The molecule has 24 heavy (non-hydrogen) atoms. The van der Waals surface area contributed by atoms with Crippen molar-refractivity contribution in [3.05, 3.63) is 41.7 Å². The molecule has 126 valence electrons. The maximum Gasteiger partial charge on any atom is 0.164 e. The summed E-state index contributed by atoms with van der Waals surface area (Å²) >= 11 is 0. The zero-order valence-electron chi connectivity index (χ0n) is 13.2. The van der Waals surface area contributed by atoms with E-state index >= 15 is 0 Å². The van der Waals surface area contributed by atoms with Gasteiger partial charge in [0, 0.05) is 49.8 Å². The van der Waals surface area contributed by atoms with Crippen molar-refractivity contribution < 1.29 is 18.7 Å². The van der Waals surface area contributed by atoms with E-state index < -0.39 is 5.82 Å². The Labute approximate surface area is 139 Å². The monoisotopic (exact) mass is 331 g/mol. The minimum Gasteiger partial charge on any atom is -0.378 e. The number of hydrogen-bond donors (Lipinski definition) is 0. The second-order valence-corrected chi connectivity index (χ2v) is 5.78.